The lowest BCUT2D eigenvalue weighted by Gasteiger charge is -2.16. The van der Waals surface area contributed by atoms with Gasteiger partial charge in [0.1, 0.15) is 0 Å². The molecule has 0 fully saturated rings. The topological polar surface area (TPSA) is 79.5 Å². The van der Waals surface area contributed by atoms with Gasteiger partial charge < -0.3 is 16.4 Å². The zero-order valence-corrected chi connectivity index (χ0v) is 12.3. The number of guanidine groups is 1. The van der Waals surface area contributed by atoms with Crippen molar-refractivity contribution in [3.05, 3.63) is 35.4 Å². The molecule has 18 heavy (non-hydrogen) atoms. The SMILES string of the molecule is I.NC(=O)c1cccc(CNC2=NCCCN2)c1. The van der Waals surface area contributed by atoms with Gasteiger partial charge in [0.05, 0.1) is 0 Å². The molecule has 0 unspecified atom stereocenters. The Labute approximate surface area is 123 Å². The Morgan fingerprint density at radius 1 is 1.50 bits per heavy atom. The fourth-order valence-electron chi connectivity index (χ4n) is 1.67. The van der Waals surface area contributed by atoms with E-state index in [4.69, 9.17) is 5.73 Å². The highest BCUT2D eigenvalue weighted by molar-refractivity contribution is 14.0. The maximum Gasteiger partial charge on any atom is 0.248 e. The van der Waals surface area contributed by atoms with E-state index >= 15 is 0 Å². The Balaban J connectivity index is 0.00000162. The molecule has 1 aromatic rings. The lowest BCUT2D eigenvalue weighted by atomic mass is 10.1. The van der Waals surface area contributed by atoms with Crippen LogP contribution in [-0.2, 0) is 6.54 Å². The van der Waals surface area contributed by atoms with E-state index in [1.807, 2.05) is 12.1 Å². The van der Waals surface area contributed by atoms with Crippen LogP contribution in [0.5, 0.6) is 0 Å². The molecule has 0 bridgehead atoms. The van der Waals surface area contributed by atoms with Crippen LogP contribution in [0.25, 0.3) is 0 Å². The first kappa shape index (κ1) is 14.7. The minimum Gasteiger partial charge on any atom is -0.366 e. The lowest BCUT2D eigenvalue weighted by molar-refractivity contribution is 0.1000. The molecule has 6 heteroatoms. The number of nitrogens with one attached hydrogen (secondary N) is 2. The van der Waals surface area contributed by atoms with E-state index in [1.54, 1.807) is 12.1 Å². The largest absolute Gasteiger partial charge is 0.366 e. The van der Waals surface area contributed by atoms with E-state index in [1.165, 1.54) is 0 Å². The van der Waals surface area contributed by atoms with E-state index in [0.29, 0.717) is 12.1 Å². The van der Waals surface area contributed by atoms with Crippen LogP contribution in [0.4, 0.5) is 0 Å². The second kappa shape index (κ2) is 7.20. The summed E-state index contributed by atoms with van der Waals surface area (Å²) in [5.74, 6) is 0.417. The number of carbonyl (C=O) groups excluding carboxylic acids is 1. The Hall–Kier alpha value is -1.31. The molecule has 0 aromatic heterocycles. The summed E-state index contributed by atoms with van der Waals surface area (Å²) in [5.41, 5.74) is 6.77. The Morgan fingerprint density at radius 3 is 3.00 bits per heavy atom. The van der Waals surface area contributed by atoms with Crippen molar-refractivity contribution in [2.45, 2.75) is 13.0 Å². The molecule has 2 rings (SSSR count). The normalized spacial score (nSPS) is 13.9. The zero-order chi connectivity index (χ0) is 12.1. The molecule has 0 saturated carbocycles. The van der Waals surface area contributed by atoms with Crippen LogP contribution in [-0.4, -0.2) is 25.0 Å². The highest BCUT2D eigenvalue weighted by atomic mass is 127. The van der Waals surface area contributed by atoms with Crippen LogP contribution >= 0.6 is 24.0 Å². The number of benzene rings is 1. The quantitative estimate of drug-likeness (QED) is 0.699. The molecule has 1 heterocycles. The van der Waals surface area contributed by atoms with E-state index in [0.717, 1.165) is 31.0 Å². The Morgan fingerprint density at radius 2 is 2.33 bits per heavy atom. The van der Waals surface area contributed by atoms with Crippen molar-refractivity contribution in [2.75, 3.05) is 13.1 Å². The van der Waals surface area contributed by atoms with E-state index in [-0.39, 0.29) is 24.0 Å². The van der Waals surface area contributed by atoms with Crippen LogP contribution in [0, 0.1) is 0 Å². The average Bonchev–Trinajstić information content (AvgIpc) is 2.38. The van der Waals surface area contributed by atoms with Gasteiger partial charge in [-0.25, -0.2) is 0 Å². The van der Waals surface area contributed by atoms with Crippen molar-refractivity contribution in [1.82, 2.24) is 10.6 Å². The minimum atomic E-state index is -0.403. The summed E-state index contributed by atoms with van der Waals surface area (Å²) in [4.78, 5) is 15.3. The smallest absolute Gasteiger partial charge is 0.248 e. The van der Waals surface area contributed by atoms with Crippen molar-refractivity contribution in [3.8, 4) is 0 Å². The molecule has 0 aliphatic carbocycles. The van der Waals surface area contributed by atoms with Crippen molar-refractivity contribution in [2.24, 2.45) is 10.7 Å². The van der Waals surface area contributed by atoms with Gasteiger partial charge >= 0.3 is 0 Å². The van der Waals surface area contributed by atoms with Gasteiger partial charge in [-0.1, -0.05) is 12.1 Å². The van der Waals surface area contributed by atoms with Crippen LogP contribution in [0.2, 0.25) is 0 Å². The van der Waals surface area contributed by atoms with Crippen molar-refractivity contribution >= 4 is 35.8 Å². The third-order valence-electron chi connectivity index (χ3n) is 2.57. The summed E-state index contributed by atoms with van der Waals surface area (Å²) >= 11 is 0. The van der Waals surface area contributed by atoms with Crippen molar-refractivity contribution in [1.29, 1.82) is 0 Å². The maximum atomic E-state index is 11.0. The Kier molecular flexibility index (Phi) is 5.90. The van der Waals surface area contributed by atoms with Crippen LogP contribution < -0.4 is 16.4 Å². The fourth-order valence-corrected chi connectivity index (χ4v) is 1.67. The van der Waals surface area contributed by atoms with E-state index in [2.05, 4.69) is 15.6 Å². The molecule has 1 aliphatic rings. The average molecular weight is 360 g/mol. The predicted molar refractivity (Wildman–Crippen MR) is 82.1 cm³/mol. The third-order valence-corrected chi connectivity index (χ3v) is 2.57. The molecular weight excluding hydrogens is 343 g/mol. The Bertz CT molecular complexity index is 447. The number of hydrogen-bond acceptors (Lipinski definition) is 4. The predicted octanol–water partition coefficient (Wildman–Crippen LogP) is 0.842. The molecular formula is C12H17IN4O. The standard InChI is InChI=1S/C12H16N4O.HI/c13-11(17)10-4-1-3-9(7-10)8-16-12-14-5-2-6-15-12;/h1,3-4,7H,2,5-6,8H2,(H2,13,17)(H2,14,15,16);1H. The first-order valence-corrected chi connectivity index (χ1v) is 5.66. The fraction of sp³-hybridized carbons (Fsp3) is 0.333. The minimum absolute atomic E-state index is 0. The summed E-state index contributed by atoms with van der Waals surface area (Å²) in [5, 5.41) is 6.36. The van der Waals surface area contributed by atoms with Crippen LogP contribution in [0.1, 0.15) is 22.3 Å². The first-order valence-electron chi connectivity index (χ1n) is 5.66. The summed E-state index contributed by atoms with van der Waals surface area (Å²) in [7, 11) is 0. The number of nitrogens with two attached hydrogens (primary N) is 1. The number of primary amides is 1. The highest BCUT2D eigenvalue weighted by Crippen LogP contribution is 2.04. The molecule has 0 spiro atoms. The van der Waals surface area contributed by atoms with E-state index < -0.39 is 5.91 Å². The van der Waals surface area contributed by atoms with Gasteiger partial charge in [0.25, 0.3) is 0 Å². The van der Waals surface area contributed by atoms with Gasteiger partial charge in [0.15, 0.2) is 5.96 Å². The van der Waals surface area contributed by atoms with E-state index in [9.17, 15) is 4.79 Å². The van der Waals surface area contributed by atoms with Gasteiger partial charge in [-0.15, -0.1) is 24.0 Å². The summed E-state index contributed by atoms with van der Waals surface area (Å²) in [6, 6.07) is 7.27. The number of hydrogen-bond donors (Lipinski definition) is 3. The molecule has 5 nitrogen and oxygen atoms in total. The molecule has 4 N–H and O–H groups in total. The van der Waals surface area contributed by atoms with Crippen molar-refractivity contribution in [3.63, 3.8) is 0 Å². The number of amides is 1. The van der Waals surface area contributed by atoms with Crippen LogP contribution in [0.3, 0.4) is 0 Å². The summed E-state index contributed by atoms with van der Waals surface area (Å²) < 4.78 is 0. The summed E-state index contributed by atoms with van der Waals surface area (Å²) in [6.07, 6.45) is 1.07. The molecule has 1 amide bonds. The van der Waals surface area contributed by atoms with Gasteiger partial charge in [-0.2, -0.15) is 0 Å². The molecule has 1 aromatic carbocycles. The second-order valence-electron chi connectivity index (χ2n) is 3.93. The van der Waals surface area contributed by atoms with Gasteiger partial charge in [-0.05, 0) is 24.1 Å². The monoisotopic (exact) mass is 360 g/mol. The molecule has 1 aliphatic heterocycles. The number of rotatable bonds is 3. The summed E-state index contributed by atoms with van der Waals surface area (Å²) in [6.45, 7) is 2.44. The van der Waals surface area contributed by atoms with Crippen molar-refractivity contribution < 1.29 is 4.79 Å². The number of carbonyl (C=O) groups is 1. The van der Waals surface area contributed by atoms with Gasteiger partial charge in [-0.3, -0.25) is 9.79 Å². The highest BCUT2D eigenvalue weighted by Gasteiger charge is 2.04. The van der Waals surface area contributed by atoms with Crippen LogP contribution in [0.15, 0.2) is 29.3 Å². The zero-order valence-electron chi connectivity index (χ0n) is 9.98. The molecule has 98 valence electrons. The molecule has 0 saturated heterocycles. The lowest BCUT2D eigenvalue weighted by Crippen LogP contribution is -2.40. The second-order valence-corrected chi connectivity index (χ2v) is 3.93. The first-order chi connectivity index (χ1) is 8.25. The maximum absolute atomic E-state index is 11.0. The van der Waals surface area contributed by atoms with Gasteiger partial charge in [0, 0.05) is 25.2 Å². The number of halogens is 1. The molecule has 0 radical (unpaired) electrons. The third kappa shape index (κ3) is 4.17. The number of aliphatic imine (C=N–C) groups is 1. The van der Waals surface area contributed by atoms with Gasteiger partial charge in [0.2, 0.25) is 5.91 Å². The number of nitrogens with zero attached hydrogens (tertiary/aromatic N) is 1. The molecule has 0 atom stereocenters.